The normalized spacial score (nSPS) is 12.6. The predicted octanol–water partition coefficient (Wildman–Crippen LogP) is 4.55. The molecule has 3 aromatic carbocycles. The Kier molecular flexibility index (Phi) is 4.26. The Labute approximate surface area is 144 Å². The fraction of sp³-hybridized carbons (Fsp3) is 0. The third-order valence-electron chi connectivity index (χ3n) is 4.06. The van der Waals surface area contributed by atoms with Gasteiger partial charge in [-0.25, -0.2) is 0 Å². The molecular weight excluding hydrogens is 307 g/mol. The topological polar surface area (TPSA) is 0 Å². The van der Waals surface area contributed by atoms with E-state index in [0.29, 0.717) is 0 Å². The highest BCUT2D eigenvalue weighted by atomic mass is 31.1. The molecule has 0 heterocycles. The number of allylic oxidation sites excluding steroid dienone is 3. The van der Waals surface area contributed by atoms with Crippen molar-refractivity contribution in [2.75, 3.05) is 0 Å². The van der Waals surface area contributed by atoms with Crippen LogP contribution in [0.3, 0.4) is 0 Å². The van der Waals surface area contributed by atoms with E-state index in [-0.39, 0.29) is 0 Å². The first kappa shape index (κ1) is 14.9. The van der Waals surface area contributed by atoms with Crippen LogP contribution in [0, 0.1) is 0 Å². The Hall–Kier alpha value is -2.65. The summed E-state index contributed by atoms with van der Waals surface area (Å²) in [5.74, 6) is 0. The molecule has 0 bridgehead atoms. The number of hydrogen-bond donors (Lipinski definition) is 0. The Bertz CT molecular complexity index is 873. The smallest absolute Gasteiger partial charge is 0.0237 e. The van der Waals surface area contributed by atoms with E-state index >= 15 is 0 Å². The highest BCUT2D eigenvalue weighted by molar-refractivity contribution is 7.79. The fourth-order valence-electron chi connectivity index (χ4n) is 2.90. The van der Waals surface area contributed by atoms with E-state index in [4.69, 9.17) is 0 Å². The maximum atomic E-state index is 3.27. The molecular formula is C23H17P. The Morgan fingerprint density at radius 2 is 1.12 bits per heavy atom. The van der Waals surface area contributed by atoms with Crippen LogP contribution in [0.5, 0.6) is 0 Å². The minimum absolute atomic E-state index is 0.526. The number of rotatable bonds is 4. The van der Waals surface area contributed by atoms with Gasteiger partial charge in [-0.3, -0.25) is 0 Å². The Balaban J connectivity index is 1.77. The van der Waals surface area contributed by atoms with Gasteiger partial charge in [0.1, 0.15) is 0 Å². The monoisotopic (exact) mass is 324 g/mol. The van der Waals surface area contributed by atoms with Crippen LogP contribution in [0.1, 0.15) is 5.56 Å². The molecule has 0 unspecified atom stereocenters. The molecule has 0 nitrogen and oxygen atoms in total. The van der Waals surface area contributed by atoms with Crippen LogP contribution in [0.25, 0.3) is 5.57 Å². The summed E-state index contributed by atoms with van der Waals surface area (Å²) in [6, 6.07) is 30.6. The molecule has 0 saturated carbocycles. The molecule has 24 heavy (non-hydrogen) atoms. The zero-order valence-electron chi connectivity index (χ0n) is 13.3. The molecule has 114 valence electrons. The van der Waals surface area contributed by atoms with Crippen molar-refractivity contribution >= 4 is 29.4 Å². The van der Waals surface area contributed by atoms with Crippen molar-refractivity contribution < 1.29 is 0 Å². The van der Waals surface area contributed by atoms with Crippen LogP contribution in [0.4, 0.5) is 0 Å². The van der Waals surface area contributed by atoms with Crippen molar-refractivity contribution in [2.24, 2.45) is 0 Å². The first-order valence-corrected chi connectivity index (χ1v) is 9.40. The summed E-state index contributed by atoms with van der Waals surface area (Å²) in [5.41, 5.74) is 5.65. The van der Waals surface area contributed by atoms with Crippen LogP contribution in [-0.2, 0) is 0 Å². The van der Waals surface area contributed by atoms with Crippen LogP contribution >= 0.6 is 7.92 Å². The molecule has 3 aromatic rings. The number of benzene rings is 3. The Morgan fingerprint density at radius 1 is 0.583 bits per heavy atom. The van der Waals surface area contributed by atoms with Gasteiger partial charge in [-0.2, -0.15) is 0 Å². The lowest BCUT2D eigenvalue weighted by molar-refractivity contribution is 1.66. The second-order valence-electron chi connectivity index (χ2n) is 5.64. The third kappa shape index (κ3) is 3.03. The molecule has 0 amide bonds. The van der Waals surface area contributed by atoms with Crippen molar-refractivity contribution in [1.29, 1.82) is 0 Å². The summed E-state index contributed by atoms with van der Waals surface area (Å²) in [6.45, 7) is 0. The summed E-state index contributed by atoms with van der Waals surface area (Å²) in [6.07, 6.45) is 6.10. The summed E-state index contributed by atoms with van der Waals surface area (Å²) >= 11 is 0. The van der Waals surface area contributed by atoms with E-state index in [1.807, 2.05) is 12.2 Å². The molecule has 0 saturated heterocycles. The molecule has 0 aliphatic heterocycles. The van der Waals surface area contributed by atoms with E-state index < -0.39 is 7.92 Å². The van der Waals surface area contributed by atoms with Crippen LogP contribution in [-0.4, -0.2) is 0 Å². The van der Waals surface area contributed by atoms with Crippen molar-refractivity contribution in [3.63, 3.8) is 0 Å². The highest BCUT2D eigenvalue weighted by Gasteiger charge is 2.16. The van der Waals surface area contributed by atoms with Crippen LogP contribution in [0.15, 0.2) is 109 Å². The first-order valence-electron chi connectivity index (χ1n) is 8.06. The van der Waals surface area contributed by atoms with Gasteiger partial charge in [-0.1, -0.05) is 91.0 Å². The SMILES string of the molecule is C1=CC=CC=1c1ccc(P(c2ccccc2)c2ccccc2)cc1. The van der Waals surface area contributed by atoms with Gasteiger partial charge in [0.2, 0.25) is 0 Å². The fourth-order valence-corrected chi connectivity index (χ4v) is 5.18. The first-order chi connectivity index (χ1) is 11.9. The summed E-state index contributed by atoms with van der Waals surface area (Å²) in [7, 11) is -0.526. The van der Waals surface area contributed by atoms with E-state index in [0.717, 1.165) is 5.57 Å². The van der Waals surface area contributed by atoms with Crippen molar-refractivity contribution in [1.82, 2.24) is 0 Å². The van der Waals surface area contributed by atoms with Gasteiger partial charge in [0.25, 0.3) is 0 Å². The maximum Gasteiger partial charge on any atom is 0.0237 e. The molecule has 1 aliphatic rings. The van der Waals surface area contributed by atoms with Gasteiger partial charge in [-0.05, 0) is 41.6 Å². The molecule has 0 spiro atoms. The second kappa shape index (κ2) is 6.85. The van der Waals surface area contributed by atoms with Gasteiger partial charge in [0.15, 0.2) is 0 Å². The minimum Gasteiger partial charge on any atom is -0.112 e. The highest BCUT2D eigenvalue weighted by Crippen LogP contribution is 2.33. The quantitative estimate of drug-likeness (QED) is 0.488. The molecule has 0 fully saturated rings. The predicted molar refractivity (Wildman–Crippen MR) is 106 cm³/mol. The van der Waals surface area contributed by atoms with E-state index in [2.05, 4.69) is 96.7 Å². The number of hydrogen-bond acceptors (Lipinski definition) is 0. The van der Waals surface area contributed by atoms with Gasteiger partial charge in [-0.15, -0.1) is 5.73 Å². The van der Waals surface area contributed by atoms with Gasteiger partial charge in [0.05, 0.1) is 0 Å². The lowest BCUT2D eigenvalue weighted by Gasteiger charge is -2.19. The third-order valence-corrected chi connectivity index (χ3v) is 6.51. The summed E-state index contributed by atoms with van der Waals surface area (Å²) < 4.78 is 0. The zero-order valence-corrected chi connectivity index (χ0v) is 14.2. The van der Waals surface area contributed by atoms with Crippen molar-refractivity contribution in [3.05, 3.63) is 114 Å². The molecule has 1 aliphatic carbocycles. The van der Waals surface area contributed by atoms with Crippen LogP contribution in [0.2, 0.25) is 0 Å². The minimum atomic E-state index is -0.526. The average molecular weight is 324 g/mol. The zero-order chi connectivity index (χ0) is 16.2. The van der Waals surface area contributed by atoms with Crippen LogP contribution < -0.4 is 15.9 Å². The van der Waals surface area contributed by atoms with E-state index in [1.54, 1.807) is 0 Å². The lowest BCUT2D eigenvalue weighted by atomic mass is 10.1. The lowest BCUT2D eigenvalue weighted by Crippen LogP contribution is -2.20. The summed E-state index contributed by atoms with van der Waals surface area (Å²) in [4.78, 5) is 0. The standard InChI is InChI=1S/C23H17P/c1-3-11-21(12-4-1)24(22-13-5-2-6-14-22)23-17-15-20(16-18-23)19-9-7-8-10-19/h1-9,11-18H. The van der Waals surface area contributed by atoms with Crippen molar-refractivity contribution in [2.45, 2.75) is 0 Å². The summed E-state index contributed by atoms with van der Waals surface area (Å²) in [5, 5.41) is 4.13. The molecule has 1 heteroatoms. The largest absolute Gasteiger partial charge is 0.112 e. The molecule has 0 radical (unpaired) electrons. The molecule has 0 aromatic heterocycles. The second-order valence-corrected chi connectivity index (χ2v) is 7.86. The van der Waals surface area contributed by atoms with Gasteiger partial charge < -0.3 is 0 Å². The van der Waals surface area contributed by atoms with Gasteiger partial charge >= 0.3 is 0 Å². The molecule has 0 N–H and O–H groups in total. The van der Waals surface area contributed by atoms with E-state index in [1.165, 1.54) is 21.5 Å². The average Bonchev–Trinajstić information content (AvgIpc) is 3.19. The van der Waals surface area contributed by atoms with Gasteiger partial charge in [0, 0.05) is 5.57 Å². The van der Waals surface area contributed by atoms with Crippen molar-refractivity contribution in [3.8, 4) is 0 Å². The van der Waals surface area contributed by atoms with E-state index in [9.17, 15) is 0 Å². The maximum absolute atomic E-state index is 3.27. The molecule has 4 rings (SSSR count). The Morgan fingerprint density at radius 3 is 1.62 bits per heavy atom. The molecule has 0 atom stereocenters.